The molecule has 0 saturated heterocycles. The second-order valence-corrected chi connectivity index (χ2v) is 3.54. The Balaban J connectivity index is 3.14. The van der Waals surface area contributed by atoms with E-state index in [2.05, 4.69) is 9.85 Å². The summed E-state index contributed by atoms with van der Waals surface area (Å²) in [5.74, 6) is -2.31. The van der Waals surface area contributed by atoms with Crippen molar-refractivity contribution in [2.24, 2.45) is 5.11 Å². The highest BCUT2D eigenvalue weighted by Crippen LogP contribution is 2.25. The van der Waals surface area contributed by atoms with Crippen molar-refractivity contribution in [3.05, 3.63) is 27.8 Å². The van der Waals surface area contributed by atoms with Crippen molar-refractivity contribution in [2.75, 3.05) is 6.61 Å². The minimum Gasteiger partial charge on any atom is -0.504 e. The van der Waals surface area contributed by atoms with Crippen LogP contribution in [0.25, 0.3) is 5.76 Å². The molecular formula is C9H9FN2O3S. The highest BCUT2D eigenvalue weighted by Gasteiger charge is 2.20. The summed E-state index contributed by atoms with van der Waals surface area (Å²) in [6.45, 7) is 1.65. The molecule has 0 unspecified atom stereocenters. The summed E-state index contributed by atoms with van der Waals surface area (Å²) in [5, 5.41) is 13.8. The van der Waals surface area contributed by atoms with Crippen molar-refractivity contribution in [3.63, 3.8) is 0 Å². The molecule has 5 nitrogen and oxygen atoms in total. The van der Waals surface area contributed by atoms with Gasteiger partial charge < -0.3 is 9.84 Å². The summed E-state index contributed by atoms with van der Waals surface area (Å²) in [4.78, 5) is 11.1. The zero-order chi connectivity index (χ0) is 12.1. The molecule has 0 amide bonds. The van der Waals surface area contributed by atoms with E-state index >= 15 is 0 Å². The number of ether oxygens (including phenoxy) is 1. The third kappa shape index (κ3) is 2.43. The van der Waals surface area contributed by atoms with Crippen molar-refractivity contribution in [2.45, 2.75) is 6.92 Å². The minimum absolute atomic E-state index is 0.0814. The summed E-state index contributed by atoms with van der Waals surface area (Å²) >= 11 is 0.903. The second kappa shape index (κ2) is 5.36. The standard InChI is InChI=1S/C9H9FN2O3S/c1-2-15-9(14)6(12-11)7(13)8-5(10)3-4-16-8/h3-4,11,13H,2H2,1H3. The Morgan fingerprint density at radius 2 is 2.44 bits per heavy atom. The van der Waals surface area contributed by atoms with Gasteiger partial charge in [0.25, 0.3) is 0 Å². The van der Waals surface area contributed by atoms with Crippen LogP contribution in [0, 0.1) is 11.3 Å². The van der Waals surface area contributed by atoms with Crippen LogP contribution < -0.4 is 0 Å². The highest BCUT2D eigenvalue weighted by molar-refractivity contribution is 7.11. The van der Waals surface area contributed by atoms with Crippen LogP contribution in [0.1, 0.15) is 11.8 Å². The maximum Gasteiger partial charge on any atom is 0.362 e. The second-order valence-electron chi connectivity index (χ2n) is 2.63. The van der Waals surface area contributed by atoms with Crippen LogP contribution in [0.3, 0.4) is 0 Å². The molecule has 16 heavy (non-hydrogen) atoms. The first kappa shape index (κ1) is 12.3. The van der Waals surface area contributed by atoms with Gasteiger partial charge in [-0.25, -0.2) is 14.7 Å². The molecule has 0 aliphatic heterocycles. The number of aliphatic hydroxyl groups is 1. The Hall–Kier alpha value is -1.76. The predicted molar refractivity (Wildman–Crippen MR) is 55.6 cm³/mol. The van der Waals surface area contributed by atoms with E-state index in [0.717, 1.165) is 17.4 Å². The van der Waals surface area contributed by atoms with E-state index in [1.165, 1.54) is 5.38 Å². The van der Waals surface area contributed by atoms with E-state index in [-0.39, 0.29) is 11.5 Å². The number of thiophene rings is 1. The van der Waals surface area contributed by atoms with Crippen LogP contribution in [0.5, 0.6) is 0 Å². The Kier molecular flexibility index (Phi) is 4.12. The van der Waals surface area contributed by atoms with Crippen LogP contribution in [0.4, 0.5) is 4.39 Å². The van der Waals surface area contributed by atoms with Gasteiger partial charge in [0.1, 0.15) is 10.7 Å². The number of nitrogens with one attached hydrogen (secondary N) is 1. The van der Waals surface area contributed by atoms with E-state index in [4.69, 9.17) is 5.53 Å². The van der Waals surface area contributed by atoms with Crippen LogP contribution in [0.2, 0.25) is 0 Å². The Morgan fingerprint density at radius 1 is 1.75 bits per heavy atom. The summed E-state index contributed by atoms with van der Waals surface area (Å²) in [6, 6.07) is 1.14. The Morgan fingerprint density at radius 3 is 2.88 bits per heavy atom. The number of carbonyl (C=O) groups is 1. The van der Waals surface area contributed by atoms with Crippen molar-refractivity contribution >= 4 is 23.1 Å². The maximum absolute atomic E-state index is 13.1. The number of hydrogen-bond acceptors (Lipinski definition) is 6. The lowest BCUT2D eigenvalue weighted by Gasteiger charge is -2.03. The molecule has 0 radical (unpaired) electrons. The fraction of sp³-hybridized carbons (Fsp3) is 0.222. The van der Waals surface area contributed by atoms with Crippen molar-refractivity contribution < 1.29 is 19.0 Å². The third-order valence-electron chi connectivity index (χ3n) is 1.64. The SMILES string of the molecule is CCOC(=O)C(N=N)=C(O)c1sccc1F. The number of esters is 1. The van der Waals surface area contributed by atoms with Gasteiger partial charge in [-0.2, -0.15) is 0 Å². The van der Waals surface area contributed by atoms with Crippen LogP contribution in [0.15, 0.2) is 22.3 Å². The number of carbonyl (C=O) groups excluding carboxylic acids is 1. The average molecular weight is 244 g/mol. The lowest BCUT2D eigenvalue weighted by atomic mass is 10.3. The topological polar surface area (TPSA) is 82.7 Å². The first-order valence-corrected chi connectivity index (χ1v) is 5.21. The molecule has 0 aromatic carbocycles. The molecule has 1 aromatic rings. The molecule has 0 saturated carbocycles. The molecular weight excluding hydrogens is 235 g/mol. The molecule has 7 heteroatoms. The van der Waals surface area contributed by atoms with Gasteiger partial charge in [-0.1, -0.05) is 0 Å². The molecule has 0 fully saturated rings. The smallest absolute Gasteiger partial charge is 0.362 e. The molecule has 0 atom stereocenters. The fourth-order valence-corrected chi connectivity index (χ4v) is 1.68. The zero-order valence-electron chi connectivity index (χ0n) is 8.36. The molecule has 1 rings (SSSR count). The van der Waals surface area contributed by atoms with Gasteiger partial charge in [-0.3, -0.25) is 0 Å². The third-order valence-corrected chi connectivity index (χ3v) is 2.53. The van der Waals surface area contributed by atoms with Crippen LogP contribution >= 0.6 is 11.3 Å². The quantitative estimate of drug-likeness (QED) is 0.369. The normalized spacial score (nSPS) is 11.9. The van der Waals surface area contributed by atoms with E-state index < -0.39 is 23.2 Å². The molecule has 0 aliphatic rings. The number of aliphatic hydroxyl groups excluding tert-OH is 1. The molecule has 0 spiro atoms. The lowest BCUT2D eigenvalue weighted by molar-refractivity contribution is -0.138. The number of rotatable bonds is 4. The van der Waals surface area contributed by atoms with E-state index in [9.17, 15) is 14.3 Å². The van der Waals surface area contributed by atoms with Crippen molar-refractivity contribution in [3.8, 4) is 0 Å². The van der Waals surface area contributed by atoms with Crippen molar-refractivity contribution in [1.82, 2.24) is 0 Å². The summed E-state index contributed by atoms with van der Waals surface area (Å²) in [7, 11) is 0. The predicted octanol–water partition coefficient (Wildman–Crippen LogP) is 2.71. The molecule has 2 N–H and O–H groups in total. The number of halogens is 1. The summed E-state index contributed by atoms with van der Waals surface area (Å²) in [5.41, 5.74) is 6.15. The maximum atomic E-state index is 13.1. The summed E-state index contributed by atoms with van der Waals surface area (Å²) in [6.07, 6.45) is 0. The van der Waals surface area contributed by atoms with E-state index in [1.807, 2.05) is 0 Å². The van der Waals surface area contributed by atoms with Gasteiger partial charge in [0.15, 0.2) is 5.76 Å². The van der Waals surface area contributed by atoms with Crippen molar-refractivity contribution in [1.29, 1.82) is 5.53 Å². The van der Waals surface area contributed by atoms with Gasteiger partial charge in [0.2, 0.25) is 5.70 Å². The van der Waals surface area contributed by atoms with Gasteiger partial charge >= 0.3 is 5.97 Å². The first-order chi connectivity index (χ1) is 7.61. The molecule has 0 bridgehead atoms. The van der Waals surface area contributed by atoms with Gasteiger partial charge in [-0.05, 0) is 18.4 Å². The molecule has 1 heterocycles. The molecule has 86 valence electrons. The highest BCUT2D eigenvalue weighted by atomic mass is 32.1. The largest absolute Gasteiger partial charge is 0.504 e. The number of hydrogen-bond donors (Lipinski definition) is 2. The zero-order valence-corrected chi connectivity index (χ0v) is 9.18. The molecule has 0 aliphatic carbocycles. The van der Waals surface area contributed by atoms with E-state index in [1.54, 1.807) is 6.92 Å². The Labute approximate surface area is 94.7 Å². The van der Waals surface area contributed by atoms with Crippen LogP contribution in [-0.4, -0.2) is 17.7 Å². The van der Waals surface area contributed by atoms with Gasteiger partial charge in [0, 0.05) is 0 Å². The Bertz CT molecular complexity index is 442. The lowest BCUT2D eigenvalue weighted by Crippen LogP contribution is -2.08. The number of nitrogens with zero attached hydrogens (tertiary/aromatic N) is 1. The average Bonchev–Trinajstić information content (AvgIpc) is 2.65. The monoisotopic (exact) mass is 244 g/mol. The van der Waals surface area contributed by atoms with Gasteiger partial charge in [0.05, 0.1) is 6.61 Å². The van der Waals surface area contributed by atoms with E-state index in [0.29, 0.717) is 0 Å². The minimum atomic E-state index is -0.956. The first-order valence-electron chi connectivity index (χ1n) is 4.33. The summed E-state index contributed by atoms with van der Waals surface area (Å²) < 4.78 is 17.7. The van der Waals surface area contributed by atoms with Gasteiger partial charge in [-0.15, -0.1) is 16.5 Å². The van der Waals surface area contributed by atoms with Crippen LogP contribution in [-0.2, 0) is 9.53 Å². The fourth-order valence-electron chi connectivity index (χ4n) is 0.965. The molecule has 1 aromatic heterocycles.